The molecular weight excluding hydrogens is 414 g/mol. The van der Waals surface area contributed by atoms with E-state index in [1.54, 1.807) is 12.3 Å². The third-order valence-electron chi connectivity index (χ3n) is 3.96. The molecule has 0 bridgehead atoms. The Morgan fingerprint density at radius 1 is 1.37 bits per heavy atom. The fourth-order valence-electron chi connectivity index (χ4n) is 2.70. The SMILES string of the molecule is CCCCN(C(=O)c1cncc(Br)c1)c1c(N)n(CC(C)C)c(=O)[nH]c1=O. The van der Waals surface area contributed by atoms with Crippen molar-refractivity contribution in [2.24, 2.45) is 5.92 Å². The van der Waals surface area contributed by atoms with Crippen LogP contribution >= 0.6 is 15.9 Å². The van der Waals surface area contributed by atoms with Crippen molar-refractivity contribution in [2.45, 2.75) is 40.2 Å². The summed E-state index contributed by atoms with van der Waals surface area (Å²) in [6.07, 6.45) is 4.50. The predicted molar refractivity (Wildman–Crippen MR) is 109 cm³/mol. The average Bonchev–Trinajstić information content (AvgIpc) is 2.60. The molecule has 3 N–H and O–H groups in total. The summed E-state index contributed by atoms with van der Waals surface area (Å²) in [5, 5.41) is 0. The van der Waals surface area contributed by atoms with E-state index in [1.165, 1.54) is 15.7 Å². The van der Waals surface area contributed by atoms with Crippen LogP contribution in [0.15, 0.2) is 32.5 Å². The molecule has 0 fully saturated rings. The van der Waals surface area contributed by atoms with Gasteiger partial charge >= 0.3 is 5.69 Å². The first-order valence-corrected chi connectivity index (χ1v) is 9.60. The van der Waals surface area contributed by atoms with E-state index in [4.69, 9.17) is 5.73 Å². The van der Waals surface area contributed by atoms with Gasteiger partial charge in [-0.15, -0.1) is 0 Å². The van der Waals surface area contributed by atoms with Crippen LogP contribution in [0, 0.1) is 5.92 Å². The van der Waals surface area contributed by atoms with E-state index in [-0.39, 0.29) is 17.4 Å². The molecule has 8 nitrogen and oxygen atoms in total. The van der Waals surface area contributed by atoms with Gasteiger partial charge in [0.1, 0.15) is 5.82 Å². The predicted octanol–water partition coefficient (Wildman–Crippen LogP) is 2.38. The highest BCUT2D eigenvalue weighted by Crippen LogP contribution is 2.21. The van der Waals surface area contributed by atoms with Crippen LogP contribution in [0.5, 0.6) is 0 Å². The number of hydrogen-bond donors (Lipinski definition) is 2. The number of halogens is 1. The van der Waals surface area contributed by atoms with Gasteiger partial charge in [-0.3, -0.25) is 24.1 Å². The third-order valence-corrected chi connectivity index (χ3v) is 4.40. The quantitative estimate of drug-likeness (QED) is 0.689. The van der Waals surface area contributed by atoms with Gasteiger partial charge in [0.2, 0.25) is 0 Å². The Hall–Kier alpha value is -2.42. The summed E-state index contributed by atoms with van der Waals surface area (Å²) in [5.74, 6) is -0.271. The van der Waals surface area contributed by atoms with Crippen molar-refractivity contribution >= 4 is 33.3 Å². The Bertz CT molecular complexity index is 935. The minimum atomic E-state index is -0.676. The van der Waals surface area contributed by atoms with Crippen molar-refractivity contribution in [1.29, 1.82) is 0 Å². The maximum Gasteiger partial charge on any atom is 0.330 e. The Balaban J connectivity index is 2.61. The number of amides is 1. The number of carbonyl (C=O) groups is 1. The minimum Gasteiger partial charge on any atom is -0.383 e. The number of nitrogens with zero attached hydrogens (tertiary/aromatic N) is 3. The number of nitrogens with two attached hydrogens (primary N) is 1. The molecule has 2 aromatic rings. The minimum absolute atomic E-state index is 0.00586. The lowest BCUT2D eigenvalue weighted by atomic mass is 10.2. The smallest absolute Gasteiger partial charge is 0.330 e. The molecule has 9 heteroatoms. The topological polar surface area (TPSA) is 114 Å². The van der Waals surface area contributed by atoms with Crippen LogP contribution in [0.25, 0.3) is 0 Å². The van der Waals surface area contributed by atoms with E-state index in [1.807, 2.05) is 20.8 Å². The number of aromatic nitrogens is 3. The number of H-pyrrole nitrogens is 1. The van der Waals surface area contributed by atoms with E-state index in [0.717, 1.165) is 6.42 Å². The van der Waals surface area contributed by atoms with Crippen molar-refractivity contribution in [3.8, 4) is 0 Å². The van der Waals surface area contributed by atoms with Crippen LogP contribution in [0.3, 0.4) is 0 Å². The normalized spacial score (nSPS) is 11.0. The fraction of sp³-hybridized carbons (Fsp3) is 0.444. The zero-order valence-corrected chi connectivity index (χ0v) is 17.2. The summed E-state index contributed by atoms with van der Waals surface area (Å²) in [7, 11) is 0. The van der Waals surface area contributed by atoms with Crippen LogP contribution in [0.2, 0.25) is 0 Å². The lowest BCUT2D eigenvalue weighted by Gasteiger charge is -2.25. The number of pyridine rings is 1. The van der Waals surface area contributed by atoms with E-state index in [2.05, 4.69) is 25.9 Å². The lowest BCUT2D eigenvalue weighted by Crippen LogP contribution is -2.42. The molecule has 2 rings (SSSR count). The highest BCUT2D eigenvalue weighted by molar-refractivity contribution is 9.10. The van der Waals surface area contributed by atoms with Crippen molar-refractivity contribution in [1.82, 2.24) is 14.5 Å². The monoisotopic (exact) mass is 437 g/mol. The number of hydrogen-bond acceptors (Lipinski definition) is 5. The molecule has 0 saturated carbocycles. The van der Waals surface area contributed by atoms with Crippen molar-refractivity contribution in [2.75, 3.05) is 17.2 Å². The first-order chi connectivity index (χ1) is 12.8. The van der Waals surface area contributed by atoms with Crippen LogP contribution in [-0.2, 0) is 6.54 Å². The van der Waals surface area contributed by atoms with Gasteiger partial charge in [0.25, 0.3) is 11.5 Å². The first-order valence-electron chi connectivity index (χ1n) is 8.81. The molecule has 1 amide bonds. The van der Waals surface area contributed by atoms with Crippen LogP contribution < -0.4 is 21.9 Å². The van der Waals surface area contributed by atoms with Crippen LogP contribution in [-0.4, -0.2) is 27.0 Å². The molecule has 0 spiro atoms. The summed E-state index contributed by atoms with van der Waals surface area (Å²) >= 11 is 3.29. The highest BCUT2D eigenvalue weighted by atomic mass is 79.9. The molecule has 0 aliphatic heterocycles. The Kier molecular flexibility index (Phi) is 6.95. The summed E-state index contributed by atoms with van der Waals surface area (Å²) < 4.78 is 1.95. The standard InChI is InChI=1S/C18H24BrN5O3/c1-4-5-6-23(17(26)12-7-13(19)9-21-8-12)14-15(20)24(10-11(2)3)18(27)22-16(14)25/h7-9,11H,4-6,10,20H2,1-3H3,(H,22,25,27). The number of aromatic amines is 1. The number of unbranched alkanes of at least 4 members (excludes halogenated alkanes) is 1. The molecule has 0 unspecified atom stereocenters. The summed E-state index contributed by atoms with van der Waals surface area (Å²) in [6.45, 7) is 6.49. The Morgan fingerprint density at radius 3 is 2.67 bits per heavy atom. The second-order valence-electron chi connectivity index (χ2n) is 6.70. The number of anilines is 2. The number of nitrogen functional groups attached to an aromatic ring is 1. The zero-order valence-electron chi connectivity index (χ0n) is 15.7. The van der Waals surface area contributed by atoms with Gasteiger partial charge in [-0.1, -0.05) is 27.2 Å². The van der Waals surface area contributed by atoms with Gasteiger partial charge in [0.05, 0.1) is 5.56 Å². The van der Waals surface area contributed by atoms with E-state index in [0.29, 0.717) is 29.5 Å². The van der Waals surface area contributed by atoms with Crippen molar-refractivity contribution in [3.05, 3.63) is 49.3 Å². The Morgan fingerprint density at radius 2 is 2.07 bits per heavy atom. The highest BCUT2D eigenvalue weighted by Gasteiger charge is 2.25. The van der Waals surface area contributed by atoms with Crippen LogP contribution in [0.1, 0.15) is 44.0 Å². The molecule has 27 heavy (non-hydrogen) atoms. The zero-order chi connectivity index (χ0) is 20.1. The van der Waals surface area contributed by atoms with E-state index in [9.17, 15) is 14.4 Å². The van der Waals surface area contributed by atoms with Gasteiger partial charge in [0, 0.05) is 30.0 Å². The second-order valence-corrected chi connectivity index (χ2v) is 7.62. The van der Waals surface area contributed by atoms with Crippen molar-refractivity contribution < 1.29 is 4.79 Å². The number of nitrogens with one attached hydrogen (secondary N) is 1. The van der Waals surface area contributed by atoms with Gasteiger partial charge < -0.3 is 10.6 Å². The lowest BCUT2D eigenvalue weighted by molar-refractivity contribution is 0.0986. The molecule has 2 heterocycles. The molecular formula is C18H24BrN5O3. The molecule has 0 atom stereocenters. The molecule has 0 radical (unpaired) electrons. The maximum atomic E-state index is 13.1. The Labute approximate surface area is 165 Å². The number of carbonyl (C=O) groups excluding carboxylic acids is 1. The maximum absolute atomic E-state index is 13.1. The summed E-state index contributed by atoms with van der Waals surface area (Å²) in [4.78, 5) is 45.4. The van der Waals surface area contributed by atoms with Gasteiger partial charge in [-0.2, -0.15) is 0 Å². The largest absolute Gasteiger partial charge is 0.383 e. The second kappa shape index (κ2) is 8.98. The fourth-order valence-corrected chi connectivity index (χ4v) is 3.07. The van der Waals surface area contributed by atoms with E-state index >= 15 is 0 Å². The molecule has 146 valence electrons. The van der Waals surface area contributed by atoms with E-state index < -0.39 is 17.2 Å². The average molecular weight is 438 g/mol. The molecule has 0 saturated heterocycles. The van der Waals surface area contributed by atoms with Crippen molar-refractivity contribution in [3.63, 3.8) is 0 Å². The molecule has 0 aliphatic carbocycles. The third kappa shape index (κ3) is 4.85. The number of rotatable bonds is 7. The summed E-state index contributed by atoms with van der Waals surface area (Å²) in [5.41, 5.74) is 5.23. The summed E-state index contributed by atoms with van der Waals surface area (Å²) in [6, 6.07) is 1.63. The van der Waals surface area contributed by atoms with Crippen LogP contribution in [0.4, 0.5) is 11.5 Å². The van der Waals surface area contributed by atoms with Gasteiger partial charge in [-0.25, -0.2) is 4.79 Å². The van der Waals surface area contributed by atoms with Gasteiger partial charge in [-0.05, 0) is 34.3 Å². The molecule has 0 aromatic carbocycles. The molecule has 2 aromatic heterocycles. The van der Waals surface area contributed by atoms with Gasteiger partial charge in [0.15, 0.2) is 5.69 Å². The first kappa shape index (κ1) is 20.9. The molecule has 0 aliphatic rings.